The molecule has 2 aliphatic carbocycles. The number of unbranched alkanes of at least 4 members (excludes halogenated alkanes) is 10. The number of nitrogens with zero attached hydrogens (tertiary/aromatic N) is 4. The number of sulfone groups is 1. The number of thiophene rings is 6. The molecule has 5 aliphatic rings. The zero-order valence-electron chi connectivity index (χ0n) is 82.0. The van der Waals surface area contributed by atoms with E-state index in [1.807, 2.05) is 23.5 Å². The predicted molar refractivity (Wildman–Crippen MR) is 567 cm³/mol. The molecule has 8 atom stereocenters. The van der Waals surface area contributed by atoms with Crippen molar-refractivity contribution in [2.45, 2.75) is 427 Å². The number of aromatic nitrogens is 4. The maximum atomic E-state index is 15.9. The number of allylic oxidation sites excluding steroid dienone is 3. The summed E-state index contributed by atoms with van der Waals surface area (Å²) in [6, 6.07) is 28.5. The minimum Gasteiger partial charge on any atom is -0.219 e. The van der Waals surface area contributed by atoms with E-state index >= 15 is 8.42 Å². The van der Waals surface area contributed by atoms with E-state index in [2.05, 4.69) is 267 Å². The monoisotopic (exact) mass is 1890 g/mol. The molecule has 15 rings (SSSR count). The molecule has 8 aromatic heterocycles. The molecule has 11 heterocycles. The summed E-state index contributed by atoms with van der Waals surface area (Å²) >= 11 is 15.3. The molecular formula is C111H157N4O2S9Si+. The Morgan fingerprint density at radius 2 is 0.874 bits per heavy atom. The van der Waals surface area contributed by atoms with E-state index in [4.69, 9.17) is 13.1 Å². The molecule has 0 saturated carbocycles. The van der Waals surface area contributed by atoms with Crippen molar-refractivity contribution in [1.82, 2.24) is 13.1 Å². The van der Waals surface area contributed by atoms with Gasteiger partial charge in [-0.15, -0.1) is 68.0 Å². The second-order valence-electron chi connectivity index (χ2n) is 42.3. The lowest BCUT2D eigenvalue weighted by Crippen LogP contribution is -2.58. The minimum atomic E-state index is -3.80. The van der Waals surface area contributed by atoms with E-state index in [1.165, 1.54) is 251 Å². The molecular weight excluding hydrogens is 1740 g/mol. The van der Waals surface area contributed by atoms with Crippen molar-refractivity contribution in [3.05, 3.63) is 131 Å². The van der Waals surface area contributed by atoms with Crippen LogP contribution >= 0.6 is 91.5 Å². The second-order valence-corrected chi connectivity index (χ2v) is 56.0. The van der Waals surface area contributed by atoms with Gasteiger partial charge >= 0.3 is 0 Å². The molecule has 8 unspecified atom stereocenters. The van der Waals surface area contributed by atoms with E-state index < -0.39 is 17.9 Å². The van der Waals surface area contributed by atoms with Crippen LogP contribution in [-0.2, 0) is 42.5 Å². The Hall–Kier alpha value is -4.07. The van der Waals surface area contributed by atoms with Gasteiger partial charge in [-0.25, -0.2) is 8.42 Å². The Morgan fingerprint density at radius 3 is 1.41 bits per heavy atom. The van der Waals surface area contributed by atoms with Gasteiger partial charge < -0.3 is 0 Å². The Bertz CT molecular complexity index is 5610. The first kappa shape index (κ1) is 97.5. The average molecular weight is 1900 g/mol. The third kappa shape index (κ3) is 17.9. The van der Waals surface area contributed by atoms with Gasteiger partial charge in [-0.05, 0) is 243 Å². The van der Waals surface area contributed by atoms with Crippen LogP contribution in [0.2, 0.25) is 12.1 Å². The molecule has 127 heavy (non-hydrogen) atoms. The van der Waals surface area contributed by atoms with Gasteiger partial charge in [0.15, 0.2) is 0 Å². The fourth-order valence-corrected chi connectivity index (χ4v) is 43.0. The Labute approximate surface area is 802 Å². The van der Waals surface area contributed by atoms with Crippen LogP contribution in [0.1, 0.15) is 435 Å². The van der Waals surface area contributed by atoms with Crippen molar-refractivity contribution in [1.29, 1.82) is 0 Å². The van der Waals surface area contributed by atoms with Crippen LogP contribution in [-0.4, -0.2) is 29.6 Å². The molecule has 0 N–H and O–H groups in total. The van der Waals surface area contributed by atoms with Gasteiger partial charge in [0.05, 0.1) is 27.1 Å². The summed E-state index contributed by atoms with van der Waals surface area (Å²) in [5.41, 5.74) is 16.1. The summed E-state index contributed by atoms with van der Waals surface area (Å²) in [4.78, 5) is 18.5. The normalized spacial score (nSPS) is 19.8. The minimum absolute atomic E-state index is 0.000338. The lowest BCUT2D eigenvalue weighted by Gasteiger charge is -2.38. The van der Waals surface area contributed by atoms with Crippen molar-refractivity contribution < 1.29 is 12.4 Å². The molecule has 690 valence electrons. The summed E-state index contributed by atoms with van der Waals surface area (Å²) in [5, 5.41) is 3.44. The number of rotatable bonds is 52. The number of benzene rings is 2. The molecule has 10 aromatic rings. The standard InChI is InChI=1S/C111H157N4O2S9Si/c1-22-36-42-44-60-127(61-45-43-37-23-2)91-66-87(80-52-53-81-99-98(80)114-125-115(99)107(81,18)19)119-104(91)105-92(127)67-95(123-105)108(20,34-13)58-56-72(15)89-54-55-90(126(89,116)117)88-63-83-101(120-88)103-85(111(83,70-75(30-9)48-40-26-5)71-76(31-10)49-41-27-6)65-94(122-103)109(21,35-14)59-57-77(32-11)78-50-51-79(97-96(78)112-124-113-97)86-62-82-100(118-86)102-84(64-93(121-102)106(16,17)33-12)110(82,68-73(28-7)46-38-24-3)69-74(29-8)47-39-25-4/h50-55,62-67,72-77H,22-49,56-61,68-71H2,1-21H3/q+1. The van der Waals surface area contributed by atoms with Crippen molar-refractivity contribution >= 4 is 147 Å². The first-order valence-electron chi connectivity index (χ1n) is 51.3. The molecule has 0 fully saturated rings. The highest BCUT2D eigenvalue weighted by Crippen LogP contribution is 2.66. The van der Waals surface area contributed by atoms with Crippen LogP contribution in [0.3, 0.4) is 0 Å². The Kier molecular flexibility index (Phi) is 31.1. The second kappa shape index (κ2) is 40.5. The molecule has 16 heteroatoms. The van der Waals surface area contributed by atoms with Crippen molar-refractivity contribution in [3.63, 3.8) is 0 Å². The van der Waals surface area contributed by atoms with Crippen LogP contribution in [0.15, 0.2) is 77.7 Å². The summed E-state index contributed by atoms with van der Waals surface area (Å²) in [6.45, 7) is 50.7. The lowest BCUT2D eigenvalue weighted by atomic mass is 9.65. The van der Waals surface area contributed by atoms with Crippen LogP contribution in [0.5, 0.6) is 0 Å². The molecule has 6 nitrogen and oxygen atoms in total. The molecule has 0 saturated heterocycles. The number of fused-ring (bicyclic) bond motifs is 10. The fourth-order valence-electron chi connectivity index (χ4n) is 23.9. The van der Waals surface area contributed by atoms with E-state index in [1.54, 1.807) is 58.3 Å². The third-order valence-corrected chi connectivity index (χ3v) is 51.4. The quantitative estimate of drug-likeness (QED) is 0.0216. The van der Waals surface area contributed by atoms with Gasteiger partial charge in [-0.1, -0.05) is 298 Å². The average Bonchev–Trinajstić information content (AvgIpc) is 1.63. The third-order valence-electron chi connectivity index (χ3n) is 33.6. The molecule has 2 aromatic carbocycles. The van der Waals surface area contributed by atoms with Gasteiger partial charge in [0.2, 0.25) is 20.9 Å². The first-order valence-corrected chi connectivity index (χ1v) is 61.6. The van der Waals surface area contributed by atoms with E-state index in [0.717, 1.165) is 93.0 Å². The highest BCUT2D eigenvalue weighted by Gasteiger charge is 2.55. The molecule has 3 aliphatic heterocycles. The van der Waals surface area contributed by atoms with E-state index in [0.29, 0.717) is 39.4 Å². The summed E-state index contributed by atoms with van der Waals surface area (Å²) in [7, 11) is -5.98. The zero-order chi connectivity index (χ0) is 90.3. The topological polar surface area (TPSA) is 76.7 Å². The van der Waals surface area contributed by atoms with Crippen molar-refractivity contribution in [2.75, 3.05) is 0 Å². The lowest BCUT2D eigenvalue weighted by molar-refractivity contribution is -0.683. The summed E-state index contributed by atoms with van der Waals surface area (Å²) in [6.07, 6.45) is 47.1. The van der Waals surface area contributed by atoms with Crippen LogP contribution in [0.25, 0.3) is 77.1 Å². The Morgan fingerprint density at radius 1 is 0.425 bits per heavy atom. The van der Waals surface area contributed by atoms with Crippen LogP contribution < -0.4 is 14.3 Å². The summed E-state index contributed by atoms with van der Waals surface area (Å²) in [5.74, 6) is 2.71. The van der Waals surface area contributed by atoms with Gasteiger partial charge in [0, 0.05) is 95.7 Å². The molecule has 0 spiro atoms. The molecule has 0 radical (unpaired) electrons. The van der Waals surface area contributed by atoms with E-state index in [-0.39, 0.29) is 38.5 Å². The predicted octanol–water partition coefficient (Wildman–Crippen LogP) is 35.8. The SMILES string of the molecule is CCCCCC[Si]1(CCCCCC)c2cc(-c3ccc4c5c3ns[n+]5C4(C)C)sc2-c2sc(C(C)(CC)CCC(C)C3=CC=C(c4cc5c(s4)-c4sc(C(C)(CC)CCC(CC)c6ccc(-c7cc8c(s7)-c7sc(C(C)(C)CC)cc7C8(CC(CC)CCCC)CC(CC)CCCC)c7nsnc67)cc4C5(CC(CC)CCCC)CC(CC)CCCC)S3(=O)=O)cc21. The van der Waals surface area contributed by atoms with Gasteiger partial charge in [0.25, 0.3) is 11.7 Å². The largest absolute Gasteiger partial charge is 0.278 e. The fraction of sp³-hybridized carbons (Fsp3) is 0.640. The van der Waals surface area contributed by atoms with Crippen molar-refractivity contribution in [2.24, 2.45) is 29.6 Å². The highest BCUT2D eigenvalue weighted by molar-refractivity contribution is 8.04. The number of hydrogen-bond donors (Lipinski definition) is 0. The molecule has 0 amide bonds. The maximum absolute atomic E-state index is 15.9. The van der Waals surface area contributed by atoms with Gasteiger partial charge in [-0.2, -0.15) is 12.7 Å². The van der Waals surface area contributed by atoms with E-state index in [9.17, 15) is 0 Å². The molecule has 0 bridgehead atoms. The van der Waals surface area contributed by atoms with Gasteiger partial charge in [-0.3, -0.25) is 0 Å². The maximum Gasteiger partial charge on any atom is 0.278 e. The van der Waals surface area contributed by atoms with Crippen LogP contribution in [0.4, 0.5) is 0 Å². The first-order chi connectivity index (χ1) is 61.1. The van der Waals surface area contributed by atoms with Crippen molar-refractivity contribution in [3.8, 4) is 50.1 Å². The zero-order valence-corrected chi connectivity index (χ0v) is 90.4. The smallest absolute Gasteiger partial charge is 0.219 e. The van der Waals surface area contributed by atoms with Gasteiger partial charge in [0.1, 0.15) is 24.6 Å². The highest BCUT2D eigenvalue weighted by atomic mass is 32.2. The number of hydrogen-bond acceptors (Lipinski definition) is 13. The Balaban J connectivity index is 0.723. The van der Waals surface area contributed by atoms with Crippen LogP contribution in [0, 0.1) is 29.6 Å². The summed E-state index contributed by atoms with van der Waals surface area (Å²) < 4.78 is 50.1.